The molecular formula is C9H10ClFO2S. The van der Waals surface area contributed by atoms with Gasteiger partial charge in [0.25, 0.3) is 0 Å². The fraction of sp³-hybridized carbons (Fsp3) is 0.333. The molecule has 2 nitrogen and oxygen atoms in total. The summed E-state index contributed by atoms with van der Waals surface area (Å²) >= 11 is 5.81. The van der Waals surface area contributed by atoms with Crippen molar-refractivity contribution in [2.45, 2.75) is 18.2 Å². The van der Waals surface area contributed by atoms with Crippen molar-refractivity contribution in [2.24, 2.45) is 0 Å². The molecule has 1 rings (SSSR count). The Morgan fingerprint density at radius 2 is 2.07 bits per heavy atom. The third kappa shape index (κ3) is 2.45. The Morgan fingerprint density at radius 3 is 2.57 bits per heavy atom. The molecule has 0 spiro atoms. The van der Waals surface area contributed by atoms with Crippen LogP contribution in [0.2, 0.25) is 5.02 Å². The Hall–Kier alpha value is -0.610. The molecule has 5 heteroatoms. The highest BCUT2D eigenvalue weighted by Gasteiger charge is 2.06. The van der Waals surface area contributed by atoms with Crippen LogP contribution in [0.4, 0.5) is 4.39 Å². The van der Waals surface area contributed by atoms with Gasteiger partial charge < -0.3 is 0 Å². The van der Waals surface area contributed by atoms with Crippen molar-refractivity contribution in [1.29, 1.82) is 0 Å². The minimum absolute atomic E-state index is 0.138. The van der Waals surface area contributed by atoms with E-state index in [9.17, 15) is 12.8 Å². The largest absolute Gasteiger partial charge is 0.251 e. The van der Waals surface area contributed by atoms with E-state index in [1.165, 1.54) is 12.1 Å². The number of benzene rings is 1. The van der Waals surface area contributed by atoms with Crippen molar-refractivity contribution in [3.05, 3.63) is 28.3 Å². The van der Waals surface area contributed by atoms with Crippen LogP contribution in [0.5, 0.6) is 0 Å². The normalized spacial score (nSPS) is 10.9. The summed E-state index contributed by atoms with van der Waals surface area (Å²) in [7, 11) is -2.66. The number of alkyl halides is 1. The third-order valence-corrected chi connectivity index (χ3v) is 3.08. The Balaban J connectivity index is 3.27. The van der Waals surface area contributed by atoms with Crippen LogP contribution >= 0.6 is 11.6 Å². The molecule has 0 bridgehead atoms. The second-order valence-corrected chi connectivity index (χ2v) is 4.35. The molecule has 0 unspecified atom stereocenters. The van der Waals surface area contributed by atoms with Gasteiger partial charge >= 0.3 is 0 Å². The van der Waals surface area contributed by atoms with Gasteiger partial charge in [-0.05, 0) is 30.2 Å². The quantitative estimate of drug-likeness (QED) is 0.816. The van der Waals surface area contributed by atoms with Crippen molar-refractivity contribution in [3.63, 3.8) is 0 Å². The fourth-order valence-electron chi connectivity index (χ4n) is 1.19. The second kappa shape index (κ2) is 4.75. The lowest BCUT2D eigenvalue weighted by molar-refractivity contribution is 0.494. The van der Waals surface area contributed by atoms with E-state index < -0.39 is 17.4 Å². The van der Waals surface area contributed by atoms with Gasteiger partial charge in [0.05, 0.1) is 11.6 Å². The zero-order valence-electron chi connectivity index (χ0n) is 7.59. The minimum Gasteiger partial charge on any atom is -0.251 e. The van der Waals surface area contributed by atoms with Crippen LogP contribution in [0, 0.1) is 6.92 Å². The van der Waals surface area contributed by atoms with Crippen LogP contribution < -0.4 is 0 Å². The van der Waals surface area contributed by atoms with E-state index >= 15 is 0 Å². The summed E-state index contributed by atoms with van der Waals surface area (Å²) in [6, 6.07) is 2.84. The molecular weight excluding hydrogens is 227 g/mol. The highest BCUT2D eigenvalue weighted by molar-refractivity contribution is 7.72. The Morgan fingerprint density at radius 1 is 1.43 bits per heavy atom. The lowest BCUT2D eigenvalue weighted by Crippen LogP contribution is -1.94. The zero-order valence-corrected chi connectivity index (χ0v) is 9.24. The molecule has 0 atom stereocenters. The smallest absolute Gasteiger partial charge is 0.168 e. The molecule has 0 radical (unpaired) electrons. The molecule has 0 aliphatic heterocycles. The van der Waals surface area contributed by atoms with Gasteiger partial charge in [-0.15, -0.1) is 0 Å². The van der Waals surface area contributed by atoms with Crippen LogP contribution in [-0.4, -0.2) is 15.1 Å². The number of hydrogen-bond acceptors (Lipinski definition) is 2. The van der Waals surface area contributed by atoms with Crippen LogP contribution in [-0.2, 0) is 17.1 Å². The Labute approximate surface area is 88.7 Å². The molecule has 78 valence electrons. The van der Waals surface area contributed by atoms with Gasteiger partial charge in [-0.3, -0.25) is 4.39 Å². The highest BCUT2D eigenvalue weighted by Crippen LogP contribution is 2.22. The van der Waals surface area contributed by atoms with Gasteiger partial charge in [-0.1, -0.05) is 11.6 Å². The number of rotatable bonds is 3. The van der Waals surface area contributed by atoms with Crippen molar-refractivity contribution < 1.29 is 12.8 Å². The maximum Gasteiger partial charge on any atom is 0.168 e. The highest BCUT2D eigenvalue weighted by atomic mass is 35.5. The van der Waals surface area contributed by atoms with Crippen molar-refractivity contribution in [2.75, 3.05) is 6.67 Å². The van der Waals surface area contributed by atoms with E-state index in [4.69, 9.17) is 11.6 Å². The molecule has 0 amide bonds. The number of halogens is 2. The predicted octanol–water partition coefficient (Wildman–Crippen LogP) is 2.13. The van der Waals surface area contributed by atoms with Gasteiger partial charge in [0.15, 0.2) is 10.7 Å². The summed E-state index contributed by atoms with van der Waals surface area (Å²) in [6.07, 6.45) is 0.197. The molecule has 0 saturated heterocycles. The fourth-order valence-corrected chi connectivity index (χ4v) is 2.00. The summed E-state index contributed by atoms with van der Waals surface area (Å²) < 4.78 is 33.5. The number of thiol groups is 1. The number of hydrogen-bond donors (Lipinski definition) is 1. The molecule has 0 aliphatic carbocycles. The van der Waals surface area contributed by atoms with Gasteiger partial charge in [-0.2, -0.15) is 0 Å². The van der Waals surface area contributed by atoms with Crippen LogP contribution in [0.15, 0.2) is 17.0 Å². The molecule has 0 heterocycles. The van der Waals surface area contributed by atoms with Crippen LogP contribution in [0.25, 0.3) is 0 Å². The van der Waals surface area contributed by atoms with E-state index in [1.807, 2.05) is 0 Å². The summed E-state index contributed by atoms with van der Waals surface area (Å²) in [5.41, 5.74) is 1.39. The van der Waals surface area contributed by atoms with Gasteiger partial charge in [0, 0.05) is 11.4 Å². The lowest BCUT2D eigenvalue weighted by atomic mass is 10.1. The van der Waals surface area contributed by atoms with E-state index in [1.54, 1.807) is 6.92 Å². The molecule has 1 aromatic rings. The monoisotopic (exact) mass is 236 g/mol. The molecule has 0 aliphatic rings. The topological polar surface area (TPSA) is 34.1 Å². The van der Waals surface area contributed by atoms with E-state index in [0.29, 0.717) is 10.6 Å². The van der Waals surface area contributed by atoms with Crippen molar-refractivity contribution in [3.8, 4) is 0 Å². The molecule has 14 heavy (non-hydrogen) atoms. The molecule has 0 fully saturated rings. The molecule has 1 aromatic carbocycles. The first-order valence-electron chi connectivity index (χ1n) is 4.05. The maximum atomic E-state index is 12.1. The minimum atomic E-state index is -2.66. The van der Waals surface area contributed by atoms with Crippen LogP contribution in [0.3, 0.4) is 0 Å². The summed E-state index contributed by atoms with van der Waals surface area (Å²) in [5.74, 6) is 0. The molecule has 0 aromatic heterocycles. The van der Waals surface area contributed by atoms with E-state index in [-0.39, 0.29) is 11.3 Å². The Bertz CT molecular complexity index is 408. The standard InChI is InChI=1S/C9H10ClFO2S/c1-6-7(2-3-11)4-8(14(12)13)5-9(6)10/h4-5,14H,2-3H2,1H3. The van der Waals surface area contributed by atoms with Crippen molar-refractivity contribution >= 4 is 22.3 Å². The Kier molecular flexibility index (Phi) is 3.89. The molecule has 0 saturated carbocycles. The SMILES string of the molecule is Cc1c(Cl)cc([SH](=O)=O)cc1CCF. The molecule has 0 N–H and O–H groups in total. The van der Waals surface area contributed by atoms with Gasteiger partial charge in [0.1, 0.15) is 0 Å². The second-order valence-electron chi connectivity index (χ2n) is 2.91. The third-order valence-electron chi connectivity index (χ3n) is 2.01. The predicted molar refractivity (Wildman–Crippen MR) is 54.4 cm³/mol. The summed E-state index contributed by atoms with van der Waals surface area (Å²) in [4.78, 5) is 0.138. The van der Waals surface area contributed by atoms with Crippen LogP contribution in [0.1, 0.15) is 11.1 Å². The number of aryl methyl sites for hydroxylation is 1. The van der Waals surface area contributed by atoms with E-state index in [2.05, 4.69) is 0 Å². The average Bonchev–Trinajstić information content (AvgIpc) is 2.12. The summed E-state index contributed by atoms with van der Waals surface area (Å²) in [5, 5.41) is 0.366. The first-order valence-corrected chi connectivity index (χ1v) is 5.61. The zero-order chi connectivity index (χ0) is 10.7. The summed E-state index contributed by atoms with van der Waals surface area (Å²) in [6.45, 7) is 1.23. The first kappa shape index (κ1) is 11.5. The lowest BCUT2D eigenvalue weighted by Gasteiger charge is -2.06. The maximum absolute atomic E-state index is 12.1. The van der Waals surface area contributed by atoms with Gasteiger partial charge in [-0.25, -0.2) is 8.42 Å². The van der Waals surface area contributed by atoms with E-state index in [0.717, 1.165) is 5.56 Å². The van der Waals surface area contributed by atoms with Crippen molar-refractivity contribution in [1.82, 2.24) is 0 Å². The first-order chi connectivity index (χ1) is 6.56. The van der Waals surface area contributed by atoms with Gasteiger partial charge in [0.2, 0.25) is 0 Å². The average molecular weight is 237 g/mol.